The highest BCUT2D eigenvalue weighted by atomic mass is 28.4. The molecule has 2 fully saturated rings. The van der Waals surface area contributed by atoms with Crippen molar-refractivity contribution in [3.05, 3.63) is 29.8 Å². The molecule has 1 aromatic rings. The monoisotopic (exact) mass is 374 g/mol. The molecular formula is C21H34N2O2Si. The van der Waals surface area contributed by atoms with Gasteiger partial charge in [-0.3, -0.25) is 4.79 Å². The van der Waals surface area contributed by atoms with Crippen molar-refractivity contribution in [3.63, 3.8) is 0 Å². The first-order chi connectivity index (χ1) is 12.1. The molecule has 0 aromatic heterocycles. The first-order valence-electron chi connectivity index (χ1n) is 9.90. The number of amides is 1. The second-order valence-corrected chi connectivity index (χ2v) is 14.3. The van der Waals surface area contributed by atoms with Gasteiger partial charge in [0.25, 0.3) is 0 Å². The number of hydrogen-bond acceptors (Lipinski definition) is 3. The third-order valence-corrected chi connectivity index (χ3v) is 10.7. The highest BCUT2D eigenvalue weighted by Gasteiger charge is 2.42. The highest BCUT2D eigenvalue weighted by molar-refractivity contribution is 6.74. The van der Waals surface area contributed by atoms with Crippen molar-refractivity contribution in [2.45, 2.75) is 70.8 Å². The quantitative estimate of drug-likeness (QED) is 0.746. The van der Waals surface area contributed by atoms with Gasteiger partial charge in [-0.1, -0.05) is 32.9 Å². The zero-order chi connectivity index (χ0) is 19.1. The fourth-order valence-corrected chi connectivity index (χ4v) is 4.39. The lowest BCUT2D eigenvalue weighted by atomic mass is 10.1. The van der Waals surface area contributed by atoms with E-state index in [1.807, 2.05) is 0 Å². The minimum Gasteiger partial charge on any atom is -0.410 e. The van der Waals surface area contributed by atoms with Crippen molar-refractivity contribution in [1.82, 2.24) is 5.32 Å². The SMILES string of the molecule is C[C@H](NC(=O)C1CC1)c1ccc(N2CC(O[Si](C)(C)C(C)(C)C)C2)cc1. The average Bonchev–Trinajstić information content (AvgIpc) is 3.34. The molecule has 2 aliphatic rings. The van der Waals surface area contributed by atoms with Crippen molar-refractivity contribution >= 4 is 19.9 Å². The topological polar surface area (TPSA) is 41.6 Å². The fraction of sp³-hybridized carbons (Fsp3) is 0.667. The number of anilines is 1. The second-order valence-electron chi connectivity index (χ2n) is 9.50. The van der Waals surface area contributed by atoms with Crippen LogP contribution in [0.1, 0.15) is 52.1 Å². The molecule has 4 nitrogen and oxygen atoms in total. The predicted molar refractivity (Wildman–Crippen MR) is 110 cm³/mol. The molecule has 26 heavy (non-hydrogen) atoms. The average molecular weight is 375 g/mol. The largest absolute Gasteiger partial charge is 0.410 e. The van der Waals surface area contributed by atoms with Crippen LogP contribution in [0.2, 0.25) is 18.1 Å². The smallest absolute Gasteiger partial charge is 0.223 e. The van der Waals surface area contributed by atoms with Crippen LogP contribution in [-0.4, -0.2) is 33.4 Å². The van der Waals surface area contributed by atoms with E-state index < -0.39 is 8.32 Å². The molecule has 1 aliphatic heterocycles. The molecule has 1 atom stereocenters. The normalized spacial score (nSPS) is 19.8. The maximum absolute atomic E-state index is 11.9. The van der Waals surface area contributed by atoms with Crippen LogP contribution >= 0.6 is 0 Å². The Hall–Kier alpha value is -1.33. The van der Waals surface area contributed by atoms with E-state index in [0.29, 0.717) is 6.10 Å². The van der Waals surface area contributed by atoms with Gasteiger partial charge in [-0.25, -0.2) is 0 Å². The van der Waals surface area contributed by atoms with Gasteiger partial charge in [0.15, 0.2) is 8.32 Å². The van der Waals surface area contributed by atoms with Gasteiger partial charge in [0.1, 0.15) is 0 Å². The van der Waals surface area contributed by atoms with E-state index in [1.54, 1.807) is 0 Å². The van der Waals surface area contributed by atoms with E-state index in [9.17, 15) is 4.79 Å². The molecule has 0 bridgehead atoms. The second kappa shape index (κ2) is 7.00. The van der Waals surface area contributed by atoms with E-state index in [4.69, 9.17) is 4.43 Å². The summed E-state index contributed by atoms with van der Waals surface area (Å²) in [6.07, 6.45) is 2.45. The van der Waals surface area contributed by atoms with Crippen LogP contribution in [0.15, 0.2) is 24.3 Å². The minimum atomic E-state index is -1.68. The molecule has 1 heterocycles. The molecule has 0 unspecified atom stereocenters. The molecule has 1 amide bonds. The van der Waals surface area contributed by atoms with E-state index in [-0.39, 0.29) is 22.9 Å². The summed E-state index contributed by atoms with van der Waals surface area (Å²) in [5.41, 5.74) is 2.40. The lowest BCUT2D eigenvalue weighted by Gasteiger charge is -2.47. The first-order valence-corrected chi connectivity index (χ1v) is 12.8. The van der Waals surface area contributed by atoms with Crippen molar-refractivity contribution in [1.29, 1.82) is 0 Å². The van der Waals surface area contributed by atoms with Gasteiger partial charge in [-0.2, -0.15) is 0 Å². The fourth-order valence-electron chi connectivity index (χ4n) is 3.05. The Labute approximate surface area is 159 Å². The predicted octanol–water partition coefficient (Wildman–Crippen LogP) is 4.48. The molecule has 1 saturated heterocycles. The Bertz CT molecular complexity index is 641. The number of carbonyl (C=O) groups excluding carboxylic acids is 1. The number of rotatable bonds is 6. The van der Waals surface area contributed by atoms with Gasteiger partial charge in [0, 0.05) is 24.7 Å². The molecule has 1 aromatic carbocycles. The number of nitrogens with zero attached hydrogens (tertiary/aromatic N) is 1. The molecule has 3 rings (SSSR count). The van der Waals surface area contributed by atoms with E-state index >= 15 is 0 Å². The van der Waals surface area contributed by atoms with Gasteiger partial charge in [-0.05, 0) is 55.6 Å². The summed E-state index contributed by atoms with van der Waals surface area (Å²) >= 11 is 0. The molecule has 1 saturated carbocycles. The van der Waals surface area contributed by atoms with Crippen LogP contribution in [0, 0.1) is 5.92 Å². The lowest BCUT2D eigenvalue weighted by Crippen LogP contribution is -2.57. The molecule has 5 heteroatoms. The van der Waals surface area contributed by atoms with Crippen LogP contribution in [0.5, 0.6) is 0 Å². The summed E-state index contributed by atoms with van der Waals surface area (Å²) in [5.74, 6) is 0.464. The van der Waals surface area contributed by atoms with Crippen LogP contribution in [-0.2, 0) is 9.22 Å². The zero-order valence-corrected chi connectivity index (χ0v) is 18.1. The van der Waals surface area contributed by atoms with Crippen LogP contribution < -0.4 is 10.2 Å². The summed E-state index contributed by atoms with van der Waals surface area (Å²) < 4.78 is 6.47. The van der Waals surface area contributed by atoms with Crippen molar-refractivity contribution < 1.29 is 9.22 Å². The molecule has 0 radical (unpaired) electrons. The maximum Gasteiger partial charge on any atom is 0.223 e. The highest BCUT2D eigenvalue weighted by Crippen LogP contribution is 2.38. The standard InChI is InChI=1S/C21H34N2O2Si/c1-15(22-20(24)17-7-8-17)16-9-11-18(12-10-16)23-13-19(14-23)25-26(5,6)21(2,3)4/h9-12,15,17,19H,7-8,13-14H2,1-6H3,(H,22,24)/t15-/m0/s1. The molecule has 1 aliphatic carbocycles. The number of nitrogens with one attached hydrogen (secondary N) is 1. The van der Waals surface area contributed by atoms with Gasteiger partial charge < -0.3 is 14.6 Å². The molecular weight excluding hydrogens is 340 g/mol. The van der Waals surface area contributed by atoms with Crippen LogP contribution in [0.25, 0.3) is 0 Å². The minimum absolute atomic E-state index is 0.0724. The summed E-state index contributed by atoms with van der Waals surface area (Å²) in [4.78, 5) is 14.3. The van der Waals surface area contributed by atoms with Gasteiger partial charge in [-0.15, -0.1) is 0 Å². The van der Waals surface area contributed by atoms with E-state index in [2.05, 4.69) is 75.3 Å². The van der Waals surface area contributed by atoms with Crippen molar-refractivity contribution in [2.75, 3.05) is 18.0 Å². The van der Waals surface area contributed by atoms with E-state index in [1.165, 1.54) is 5.69 Å². The van der Waals surface area contributed by atoms with Gasteiger partial charge >= 0.3 is 0 Å². The lowest BCUT2D eigenvalue weighted by molar-refractivity contribution is -0.122. The summed E-state index contributed by atoms with van der Waals surface area (Å²) in [7, 11) is -1.68. The van der Waals surface area contributed by atoms with E-state index in [0.717, 1.165) is 31.5 Å². The Morgan fingerprint density at radius 2 is 1.77 bits per heavy atom. The Morgan fingerprint density at radius 1 is 1.19 bits per heavy atom. The van der Waals surface area contributed by atoms with Gasteiger partial charge in [0.2, 0.25) is 5.91 Å². The molecule has 144 valence electrons. The molecule has 0 spiro atoms. The Kier molecular flexibility index (Phi) is 5.23. The summed E-state index contributed by atoms with van der Waals surface area (Å²) in [6.45, 7) is 15.5. The zero-order valence-electron chi connectivity index (χ0n) is 17.1. The number of carbonyl (C=O) groups is 1. The van der Waals surface area contributed by atoms with Crippen molar-refractivity contribution in [3.8, 4) is 0 Å². The summed E-state index contributed by atoms with van der Waals surface area (Å²) in [5, 5.41) is 3.37. The summed E-state index contributed by atoms with van der Waals surface area (Å²) in [6, 6.07) is 8.67. The number of hydrogen-bond donors (Lipinski definition) is 1. The number of benzene rings is 1. The third kappa shape index (κ3) is 4.31. The van der Waals surface area contributed by atoms with Crippen molar-refractivity contribution in [2.24, 2.45) is 5.92 Å². The third-order valence-electron chi connectivity index (χ3n) is 6.18. The Morgan fingerprint density at radius 3 is 2.27 bits per heavy atom. The van der Waals surface area contributed by atoms with Gasteiger partial charge in [0.05, 0.1) is 12.1 Å². The molecule has 1 N–H and O–H groups in total. The Balaban J connectivity index is 1.50. The maximum atomic E-state index is 11.9. The first kappa shape index (κ1) is 19.4. The van der Waals surface area contributed by atoms with Crippen LogP contribution in [0.4, 0.5) is 5.69 Å². The van der Waals surface area contributed by atoms with Crippen LogP contribution in [0.3, 0.4) is 0 Å².